The predicted molar refractivity (Wildman–Crippen MR) is 63.7 cm³/mol. The minimum Gasteiger partial charge on any atom is -0.403 e. The number of nitrogens with two attached hydrogens (primary N) is 3. The van der Waals surface area contributed by atoms with E-state index in [0.717, 1.165) is 11.3 Å². The van der Waals surface area contributed by atoms with Gasteiger partial charge in [-0.05, 0) is 19.1 Å². The molecule has 15 heavy (non-hydrogen) atoms. The molecule has 80 valence electrons. The van der Waals surface area contributed by atoms with E-state index in [4.69, 9.17) is 28.8 Å². The van der Waals surface area contributed by atoms with Crippen molar-refractivity contribution in [1.29, 1.82) is 0 Å². The van der Waals surface area contributed by atoms with E-state index < -0.39 is 0 Å². The zero-order chi connectivity index (χ0) is 11.4. The molecule has 0 radical (unpaired) electrons. The Hall–Kier alpha value is -1.68. The standard InChI is InChI=1S/C10H13ClN4/c1-6-9(3-8(13)5-15-6)10(14)2-7(11)4-12/h2-5H,12-14H2,1H3/b7-4+,10-2-. The summed E-state index contributed by atoms with van der Waals surface area (Å²) in [7, 11) is 0. The van der Waals surface area contributed by atoms with Gasteiger partial charge in [-0.25, -0.2) is 0 Å². The lowest BCUT2D eigenvalue weighted by Gasteiger charge is -2.06. The van der Waals surface area contributed by atoms with Crippen LogP contribution >= 0.6 is 11.6 Å². The van der Waals surface area contributed by atoms with Crippen LogP contribution in [0, 0.1) is 6.92 Å². The average Bonchev–Trinajstić information content (AvgIpc) is 2.21. The van der Waals surface area contributed by atoms with Crippen LogP contribution in [0.5, 0.6) is 0 Å². The number of hydrogen-bond donors (Lipinski definition) is 3. The Kier molecular flexibility index (Phi) is 3.57. The Morgan fingerprint density at radius 3 is 2.80 bits per heavy atom. The summed E-state index contributed by atoms with van der Waals surface area (Å²) in [5.74, 6) is 0. The first-order chi connectivity index (χ1) is 7.04. The van der Waals surface area contributed by atoms with Crippen LogP contribution in [0.25, 0.3) is 5.70 Å². The minimum absolute atomic E-state index is 0.370. The fourth-order valence-electron chi connectivity index (χ4n) is 1.12. The molecule has 6 N–H and O–H groups in total. The van der Waals surface area contributed by atoms with Crippen LogP contribution in [0.3, 0.4) is 0 Å². The van der Waals surface area contributed by atoms with Crippen molar-refractivity contribution >= 4 is 23.0 Å². The molecular formula is C10H13ClN4. The average molecular weight is 225 g/mol. The lowest BCUT2D eigenvalue weighted by Crippen LogP contribution is -2.02. The number of allylic oxidation sites excluding steroid dienone is 2. The second-order valence-corrected chi connectivity index (χ2v) is 3.49. The van der Waals surface area contributed by atoms with Gasteiger partial charge >= 0.3 is 0 Å². The van der Waals surface area contributed by atoms with Gasteiger partial charge in [0.25, 0.3) is 0 Å². The number of rotatable bonds is 2. The molecular weight excluding hydrogens is 212 g/mol. The SMILES string of the molecule is Cc1ncc(N)cc1/C(N)=C/C(Cl)=C\N. The number of hydrogen-bond acceptors (Lipinski definition) is 4. The lowest BCUT2D eigenvalue weighted by atomic mass is 10.1. The van der Waals surface area contributed by atoms with E-state index in [1.165, 1.54) is 6.20 Å². The highest BCUT2D eigenvalue weighted by Gasteiger charge is 2.03. The van der Waals surface area contributed by atoms with E-state index in [1.54, 1.807) is 18.3 Å². The van der Waals surface area contributed by atoms with Crippen LogP contribution < -0.4 is 17.2 Å². The molecule has 1 heterocycles. The van der Waals surface area contributed by atoms with Gasteiger partial charge in [-0.1, -0.05) is 11.6 Å². The first kappa shape index (κ1) is 11.4. The van der Waals surface area contributed by atoms with Crippen molar-refractivity contribution in [3.8, 4) is 0 Å². The zero-order valence-electron chi connectivity index (χ0n) is 8.37. The second kappa shape index (κ2) is 4.70. The highest BCUT2D eigenvalue weighted by molar-refractivity contribution is 6.31. The smallest absolute Gasteiger partial charge is 0.0581 e. The maximum absolute atomic E-state index is 5.83. The Balaban J connectivity index is 3.16. The van der Waals surface area contributed by atoms with Crippen molar-refractivity contribution in [2.24, 2.45) is 11.5 Å². The Morgan fingerprint density at radius 2 is 2.20 bits per heavy atom. The normalized spacial score (nSPS) is 12.9. The highest BCUT2D eigenvalue weighted by Crippen LogP contribution is 2.17. The van der Waals surface area contributed by atoms with E-state index >= 15 is 0 Å². The number of anilines is 1. The summed E-state index contributed by atoms with van der Waals surface area (Å²) < 4.78 is 0. The fourth-order valence-corrected chi connectivity index (χ4v) is 1.23. The van der Waals surface area contributed by atoms with Crippen molar-refractivity contribution in [2.45, 2.75) is 6.92 Å². The molecule has 4 nitrogen and oxygen atoms in total. The summed E-state index contributed by atoms with van der Waals surface area (Å²) in [6.07, 6.45) is 4.40. The molecule has 0 atom stereocenters. The van der Waals surface area contributed by atoms with Gasteiger partial charge in [-0.15, -0.1) is 0 Å². The van der Waals surface area contributed by atoms with Gasteiger partial charge in [-0.2, -0.15) is 0 Å². The van der Waals surface area contributed by atoms with E-state index in [9.17, 15) is 0 Å². The summed E-state index contributed by atoms with van der Waals surface area (Å²) in [6.45, 7) is 1.84. The Morgan fingerprint density at radius 1 is 1.53 bits per heavy atom. The van der Waals surface area contributed by atoms with E-state index in [1.807, 2.05) is 6.92 Å². The van der Waals surface area contributed by atoms with Crippen molar-refractivity contribution in [2.75, 3.05) is 5.73 Å². The highest BCUT2D eigenvalue weighted by atomic mass is 35.5. The third-order valence-corrected chi connectivity index (χ3v) is 2.11. The molecule has 0 bridgehead atoms. The summed E-state index contributed by atoms with van der Waals surface area (Å²) in [4.78, 5) is 4.09. The monoisotopic (exact) mass is 224 g/mol. The van der Waals surface area contributed by atoms with Crippen molar-refractivity contribution in [1.82, 2.24) is 4.98 Å². The van der Waals surface area contributed by atoms with Gasteiger partial charge in [0.05, 0.1) is 16.9 Å². The zero-order valence-corrected chi connectivity index (χ0v) is 9.12. The summed E-state index contributed by atoms with van der Waals surface area (Å²) in [5, 5.41) is 0.370. The number of halogens is 1. The summed E-state index contributed by atoms with van der Waals surface area (Å²) >= 11 is 5.73. The molecule has 1 aromatic heterocycles. The van der Waals surface area contributed by atoms with Gasteiger partial charge < -0.3 is 17.2 Å². The molecule has 0 saturated heterocycles. The molecule has 0 aliphatic rings. The summed E-state index contributed by atoms with van der Waals surface area (Å²) in [5.41, 5.74) is 19.3. The Labute approximate surface area is 93.4 Å². The molecule has 0 saturated carbocycles. The number of aromatic nitrogens is 1. The molecule has 0 aliphatic carbocycles. The van der Waals surface area contributed by atoms with Gasteiger partial charge in [0.15, 0.2) is 0 Å². The molecule has 0 aromatic carbocycles. The van der Waals surface area contributed by atoms with Crippen molar-refractivity contribution in [3.05, 3.63) is 40.8 Å². The molecule has 0 spiro atoms. The maximum Gasteiger partial charge on any atom is 0.0581 e. The van der Waals surface area contributed by atoms with Crippen molar-refractivity contribution < 1.29 is 0 Å². The molecule has 0 fully saturated rings. The molecule has 0 amide bonds. The number of nitrogens with zero attached hydrogens (tertiary/aromatic N) is 1. The largest absolute Gasteiger partial charge is 0.403 e. The van der Waals surface area contributed by atoms with Crippen LogP contribution in [0.4, 0.5) is 5.69 Å². The lowest BCUT2D eigenvalue weighted by molar-refractivity contribution is 1.18. The van der Waals surface area contributed by atoms with Gasteiger partial charge in [0, 0.05) is 23.2 Å². The molecule has 0 aliphatic heterocycles. The molecule has 1 rings (SSSR count). The van der Waals surface area contributed by atoms with Gasteiger partial charge in [0.2, 0.25) is 0 Å². The number of nitrogen functional groups attached to an aromatic ring is 1. The molecule has 5 heteroatoms. The van der Waals surface area contributed by atoms with E-state index in [0.29, 0.717) is 16.4 Å². The molecule has 1 aromatic rings. The first-order valence-electron chi connectivity index (χ1n) is 4.31. The van der Waals surface area contributed by atoms with Crippen LogP contribution in [0.15, 0.2) is 29.6 Å². The third-order valence-electron chi connectivity index (χ3n) is 1.87. The fraction of sp³-hybridized carbons (Fsp3) is 0.100. The minimum atomic E-state index is 0.370. The maximum atomic E-state index is 5.83. The van der Waals surface area contributed by atoms with Gasteiger partial charge in [0.1, 0.15) is 0 Å². The first-order valence-corrected chi connectivity index (χ1v) is 4.69. The van der Waals surface area contributed by atoms with Crippen LogP contribution in [-0.2, 0) is 0 Å². The van der Waals surface area contributed by atoms with Crippen LogP contribution in [0.1, 0.15) is 11.3 Å². The van der Waals surface area contributed by atoms with Crippen LogP contribution in [-0.4, -0.2) is 4.98 Å². The van der Waals surface area contributed by atoms with Crippen molar-refractivity contribution in [3.63, 3.8) is 0 Å². The number of aryl methyl sites for hydroxylation is 1. The quantitative estimate of drug-likeness (QED) is 0.661. The topological polar surface area (TPSA) is 90.9 Å². The summed E-state index contributed by atoms with van der Waals surface area (Å²) in [6, 6.07) is 1.74. The number of pyridine rings is 1. The molecule has 0 unspecified atom stereocenters. The second-order valence-electron chi connectivity index (χ2n) is 3.05. The van der Waals surface area contributed by atoms with E-state index in [-0.39, 0.29) is 0 Å². The Bertz CT molecular complexity index is 423. The predicted octanol–water partition coefficient (Wildman–Crippen LogP) is 1.31. The van der Waals surface area contributed by atoms with Gasteiger partial charge in [-0.3, -0.25) is 4.98 Å². The third kappa shape index (κ3) is 2.89. The van der Waals surface area contributed by atoms with E-state index in [2.05, 4.69) is 4.98 Å². The van der Waals surface area contributed by atoms with Crippen LogP contribution in [0.2, 0.25) is 0 Å².